The zero-order valence-corrected chi connectivity index (χ0v) is 15.8. The summed E-state index contributed by atoms with van der Waals surface area (Å²) >= 11 is 0. The molecule has 0 aromatic heterocycles. The summed E-state index contributed by atoms with van der Waals surface area (Å²) < 4.78 is 0. The Balaban J connectivity index is 3.06. The number of hydrogen-bond donors (Lipinski definition) is 0. The summed E-state index contributed by atoms with van der Waals surface area (Å²) in [7, 11) is 1.82. The van der Waals surface area contributed by atoms with E-state index < -0.39 is 0 Å². The molecule has 0 fully saturated rings. The first kappa shape index (κ1) is 20.1. The number of Topliss-reactive ketones (excluding diaryl/α,β-unsaturated/α-hetero) is 1. The first-order chi connectivity index (χ1) is 11.5. The highest BCUT2D eigenvalue weighted by molar-refractivity contribution is 5.90. The Morgan fingerprint density at radius 3 is 2.25 bits per heavy atom. The first-order valence-corrected chi connectivity index (χ1v) is 8.80. The lowest BCUT2D eigenvalue weighted by Gasteiger charge is -2.25. The second-order valence-corrected chi connectivity index (χ2v) is 6.33. The second kappa shape index (κ2) is 10.0. The molecule has 0 saturated heterocycles. The van der Waals surface area contributed by atoms with Gasteiger partial charge in [0.25, 0.3) is 0 Å². The third-order valence-corrected chi connectivity index (χ3v) is 4.77. The Labute approximate surface area is 147 Å². The molecule has 2 heteroatoms. The van der Waals surface area contributed by atoms with Crippen molar-refractivity contribution in [3.05, 3.63) is 54.1 Å². The molecule has 0 amide bonds. The predicted molar refractivity (Wildman–Crippen MR) is 106 cm³/mol. The van der Waals surface area contributed by atoms with Crippen LogP contribution in [0.2, 0.25) is 0 Å². The van der Waals surface area contributed by atoms with Gasteiger partial charge in [-0.15, -0.1) is 0 Å². The fourth-order valence-corrected chi connectivity index (χ4v) is 3.24. The van der Waals surface area contributed by atoms with Crippen molar-refractivity contribution in [3.63, 3.8) is 0 Å². The lowest BCUT2D eigenvalue weighted by Crippen LogP contribution is -2.29. The summed E-state index contributed by atoms with van der Waals surface area (Å²) in [6.07, 6.45) is 6.72. The summed E-state index contributed by atoms with van der Waals surface area (Å²) in [5.74, 6) is 0.501. The number of benzene rings is 1. The summed E-state index contributed by atoms with van der Waals surface area (Å²) in [5, 5.41) is 0. The molecule has 1 rings (SSSR count). The summed E-state index contributed by atoms with van der Waals surface area (Å²) in [4.78, 5) is 16.5. The van der Waals surface area contributed by atoms with Gasteiger partial charge in [0.15, 0.2) is 0 Å². The molecule has 0 aliphatic heterocycles. The normalized spacial score (nSPS) is 15.0. The number of hydrogen-bond acceptors (Lipinski definition) is 2. The van der Waals surface area contributed by atoms with E-state index in [-0.39, 0.29) is 17.6 Å². The van der Waals surface area contributed by atoms with Crippen LogP contribution < -0.4 is 0 Å². The van der Waals surface area contributed by atoms with Crippen LogP contribution in [0.5, 0.6) is 0 Å². The number of carbonyl (C=O) groups excluding carboxylic acids is 1. The summed E-state index contributed by atoms with van der Waals surface area (Å²) in [5.41, 5.74) is 4.61. The molecule has 0 radical (unpaired) electrons. The minimum atomic E-state index is 0.0534. The molecule has 0 aliphatic carbocycles. The van der Waals surface area contributed by atoms with Gasteiger partial charge in [-0.25, -0.2) is 0 Å². The van der Waals surface area contributed by atoms with Gasteiger partial charge in [-0.1, -0.05) is 56.3 Å². The van der Waals surface area contributed by atoms with Crippen molar-refractivity contribution in [2.45, 2.75) is 47.0 Å². The van der Waals surface area contributed by atoms with Gasteiger partial charge >= 0.3 is 0 Å². The van der Waals surface area contributed by atoms with Gasteiger partial charge in [0.1, 0.15) is 5.78 Å². The first-order valence-electron chi connectivity index (χ1n) is 8.80. The van der Waals surface area contributed by atoms with Crippen LogP contribution in [0.25, 0.3) is 5.57 Å². The van der Waals surface area contributed by atoms with Crippen LogP contribution >= 0.6 is 0 Å². The average Bonchev–Trinajstić information content (AvgIpc) is 2.59. The van der Waals surface area contributed by atoms with Gasteiger partial charge < -0.3 is 0 Å². The molecule has 0 heterocycles. The van der Waals surface area contributed by atoms with Crippen LogP contribution in [0, 0.1) is 11.8 Å². The highest BCUT2D eigenvalue weighted by atomic mass is 16.1. The van der Waals surface area contributed by atoms with E-state index >= 15 is 0 Å². The van der Waals surface area contributed by atoms with E-state index in [0.717, 1.165) is 30.5 Å². The minimum Gasteiger partial charge on any atom is -0.300 e. The smallest absolute Gasteiger partial charge is 0.133 e. The zero-order chi connectivity index (χ0) is 18.1. The van der Waals surface area contributed by atoms with Gasteiger partial charge in [-0.05, 0) is 50.3 Å². The summed E-state index contributed by atoms with van der Waals surface area (Å²) in [6.45, 7) is 11.8. The van der Waals surface area contributed by atoms with Gasteiger partial charge in [0.05, 0.1) is 0 Å². The van der Waals surface area contributed by atoms with Crippen molar-refractivity contribution in [1.82, 2.24) is 0 Å². The summed E-state index contributed by atoms with van der Waals surface area (Å²) in [6, 6.07) is 8.57. The maximum absolute atomic E-state index is 12.1. The fraction of sp³-hybridized carbons (Fsp3) is 0.455. The van der Waals surface area contributed by atoms with Crippen LogP contribution in [0.15, 0.2) is 48.0 Å². The third-order valence-electron chi connectivity index (χ3n) is 4.77. The van der Waals surface area contributed by atoms with E-state index in [2.05, 4.69) is 48.8 Å². The van der Waals surface area contributed by atoms with Crippen molar-refractivity contribution in [1.29, 1.82) is 0 Å². The molecule has 0 saturated carbocycles. The average molecular weight is 325 g/mol. The zero-order valence-electron chi connectivity index (χ0n) is 15.8. The van der Waals surface area contributed by atoms with Crippen molar-refractivity contribution in [2.24, 2.45) is 16.8 Å². The molecule has 130 valence electrons. The largest absolute Gasteiger partial charge is 0.300 e. The van der Waals surface area contributed by atoms with E-state index in [1.54, 1.807) is 6.92 Å². The van der Waals surface area contributed by atoms with Crippen LogP contribution in [0.3, 0.4) is 0 Å². The molecule has 0 N–H and O–H groups in total. The van der Waals surface area contributed by atoms with E-state index in [0.29, 0.717) is 0 Å². The molecule has 2 atom stereocenters. The lowest BCUT2D eigenvalue weighted by molar-refractivity contribution is -0.121. The molecule has 1 aromatic rings. The van der Waals surface area contributed by atoms with E-state index in [9.17, 15) is 4.79 Å². The SMILES string of the molecule is C=C/C(=C\C)c1ccc(C[C@H](C(C)=NC)[C@H](CCC)C(C)=O)cc1. The van der Waals surface area contributed by atoms with Gasteiger partial charge in [0.2, 0.25) is 0 Å². The number of nitrogens with zero attached hydrogens (tertiary/aromatic N) is 1. The molecular weight excluding hydrogens is 294 g/mol. The number of carbonyl (C=O) groups is 1. The van der Waals surface area contributed by atoms with Crippen LogP contribution in [-0.4, -0.2) is 18.5 Å². The molecular formula is C22H31NO. The van der Waals surface area contributed by atoms with E-state index in [4.69, 9.17) is 0 Å². The Morgan fingerprint density at radius 2 is 1.83 bits per heavy atom. The minimum absolute atomic E-state index is 0.0534. The molecule has 0 spiro atoms. The van der Waals surface area contributed by atoms with E-state index in [1.807, 2.05) is 27.0 Å². The van der Waals surface area contributed by atoms with Crippen LogP contribution in [0.4, 0.5) is 0 Å². The predicted octanol–water partition coefficient (Wildman–Crippen LogP) is 5.53. The monoisotopic (exact) mass is 325 g/mol. The number of aliphatic imine (C=N–C) groups is 1. The Hall–Kier alpha value is -1.96. The quantitative estimate of drug-likeness (QED) is 0.433. The van der Waals surface area contributed by atoms with Crippen molar-refractivity contribution in [2.75, 3.05) is 7.05 Å². The maximum Gasteiger partial charge on any atom is 0.133 e. The van der Waals surface area contributed by atoms with Gasteiger partial charge in [0, 0.05) is 24.6 Å². The molecule has 1 aromatic carbocycles. The fourth-order valence-electron chi connectivity index (χ4n) is 3.24. The van der Waals surface area contributed by atoms with Gasteiger partial charge in [-0.3, -0.25) is 9.79 Å². The van der Waals surface area contributed by atoms with Crippen LogP contribution in [-0.2, 0) is 11.2 Å². The Kier molecular flexibility index (Phi) is 8.39. The molecule has 0 bridgehead atoms. The molecule has 2 nitrogen and oxygen atoms in total. The Morgan fingerprint density at radius 1 is 1.21 bits per heavy atom. The van der Waals surface area contributed by atoms with E-state index in [1.165, 1.54) is 11.1 Å². The topological polar surface area (TPSA) is 29.4 Å². The molecule has 0 aliphatic rings. The lowest BCUT2D eigenvalue weighted by atomic mass is 9.79. The maximum atomic E-state index is 12.1. The van der Waals surface area contributed by atoms with Gasteiger partial charge in [-0.2, -0.15) is 0 Å². The third kappa shape index (κ3) is 5.30. The van der Waals surface area contributed by atoms with Crippen molar-refractivity contribution >= 4 is 17.1 Å². The van der Waals surface area contributed by atoms with Crippen molar-refractivity contribution in [3.8, 4) is 0 Å². The second-order valence-electron chi connectivity index (χ2n) is 6.33. The van der Waals surface area contributed by atoms with Crippen molar-refractivity contribution < 1.29 is 4.79 Å². The number of allylic oxidation sites excluding steroid dienone is 3. The number of ketones is 1. The Bertz CT molecular complexity index is 607. The number of rotatable bonds is 9. The standard InChI is InChI=1S/C22H31NO/c1-7-10-21(17(5)24)22(16(4)23-6)15-18-11-13-20(14-12-18)19(8-2)9-3/h8-9,11-14,21-22H,2,7,10,15H2,1,3-6H3/b19-9+,23-16?/t21-,22-/m1/s1. The van der Waals surface area contributed by atoms with Crippen LogP contribution in [0.1, 0.15) is 51.7 Å². The highest BCUT2D eigenvalue weighted by Gasteiger charge is 2.27. The molecule has 0 unspecified atom stereocenters. The molecule has 24 heavy (non-hydrogen) atoms. The highest BCUT2D eigenvalue weighted by Crippen LogP contribution is 2.26.